The van der Waals surface area contributed by atoms with Crippen molar-refractivity contribution < 1.29 is 30.9 Å². The second kappa shape index (κ2) is 11.1. The lowest BCUT2D eigenvalue weighted by Gasteiger charge is -2.35. The number of fused-ring (bicyclic) bond motifs is 1. The van der Waals surface area contributed by atoms with Gasteiger partial charge in [0.1, 0.15) is 23.8 Å². The molecule has 3 N–H and O–H groups in total. The molecule has 0 bridgehead atoms. The highest BCUT2D eigenvalue weighted by Crippen LogP contribution is 2.39. The Kier molecular flexibility index (Phi) is 8.56. The maximum Gasteiger partial charge on any atom is 0.434 e. The molecule has 11 nitrogen and oxygen atoms in total. The lowest BCUT2D eigenvalue weighted by Crippen LogP contribution is -2.36. The van der Waals surface area contributed by atoms with Gasteiger partial charge in [-0.1, -0.05) is 6.92 Å². The molecule has 1 fully saturated rings. The van der Waals surface area contributed by atoms with Crippen LogP contribution in [0.4, 0.5) is 24.8 Å². The summed E-state index contributed by atoms with van der Waals surface area (Å²) in [4.78, 5) is 26.6. The van der Waals surface area contributed by atoms with Crippen molar-refractivity contribution >= 4 is 27.7 Å². The van der Waals surface area contributed by atoms with E-state index in [-0.39, 0.29) is 17.7 Å². The molecule has 2 aromatic heterocycles. The summed E-state index contributed by atoms with van der Waals surface area (Å²) in [6, 6.07) is 0. The molecule has 0 aromatic carbocycles. The Morgan fingerprint density at radius 2 is 1.89 bits per heavy atom. The first-order chi connectivity index (χ1) is 16.8. The van der Waals surface area contributed by atoms with Gasteiger partial charge in [0.15, 0.2) is 5.69 Å². The molecule has 36 heavy (non-hydrogen) atoms. The van der Waals surface area contributed by atoms with Crippen LogP contribution in [0.15, 0.2) is 12.5 Å². The minimum atomic E-state index is -4.46. The van der Waals surface area contributed by atoms with E-state index in [1.54, 1.807) is 11.6 Å². The van der Waals surface area contributed by atoms with Gasteiger partial charge in [-0.2, -0.15) is 21.6 Å². The highest BCUT2D eigenvalue weighted by Gasteiger charge is 2.37. The maximum absolute atomic E-state index is 13.2. The summed E-state index contributed by atoms with van der Waals surface area (Å²) >= 11 is 0. The van der Waals surface area contributed by atoms with E-state index in [0.29, 0.717) is 63.3 Å². The number of anilines is 2. The molecule has 0 saturated carbocycles. The van der Waals surface area contributed by atoms with Crippen LogP contribution in [0.1, 0.15) is 55.1 Å². The van der Waals surface area contributed by atoms with Crippen molar-refractivity contribution in [3.8, 4) is 0 Å². The maximum atomic E-state index is 13.2. The zero-order chi connectivity index (χ0) is 26.7. The summed E-state index contributed by atoms with van der Waals surface area (Å²) in [6.45, 7) is 4.28. The van der Waals surface area contributed by atoms with Crippen molar-refractivity contribution in [1.29, 1.82) is 0 Å². The number of carbonyl (C=O) groups excluding carboxylic acids is 1. The quantitative estimate of drug-likeness (QED) is 0.493. The van der Waals surface area contributed by atoms with Crippen LogP contribution in [-0.4, -0.2) is 71.3 Å². The van der Waals surface area contributed by atoms with E-state index < -0.39 is 22.0 Å². The molecule has 0 unspecified atom stereocenters. The predicted molar refractivity (Wildman–Crippen MR) is 127 cm³/mol. The average molecular weight is 534 g/mol. The fraction of sp³-hybridized carbons (Fsp3) is 0.619. The van der Waals surface area contributed by atoms with Crippen LogP contribution in [0.5, 0.6) is 0 Å². The third-order valence-corrected chi connectivity index (χ3v) is 5.97. The molecule has 2 aromatic rings. The van der Waals surface area contributed by atoms with Gasteiger partial charge in [-0.05, 0) is 25.8 Å². The predicted octanol–water partition coefficient (Wildman–Crippen LogP) is 2.24. The Labute approximate surface area is 207 Å². The molecular formula is C21H30F3N7O4S. The topological polar surface area (TPSA) is 142 Å². The van der Waals surface area contributed by atoms with Crippen molar-refractivity contribution in [3.63, 3.8) is 0 Å². The molecule has 4 rings (SSSR count). The van der Waals surface area contributed by atoms with E-state index in [1.807, 2.05) is 6.92 Å². The van der Waals surface area contributed by atoms with Crippen molar-refractivity contribution in [1.82, 2.24) is 24.8 Å². The van der Waals surface area contributed by atoms with Gasteiger partial charge in [-0.3, -0.25) is 9.35 Å². The van der Waals surface area contributed by atoms with Gasteiger partial charge < -0.3 is 20.1 Å². The van der Waals surface area contributed by atoms with Crippen LogP contribution >= 0.6 is 0 Å². The number of piperidine rings is 1. The summed E-state index contributed by atoms with van der Waals surface area (Å²) in [5.74, 6) is 1.73. The smallest absolute Gasteiger partial charge is 0.356 e. The number of nitrogens with one attached hydrogen (secondary N) is 2. The van der Waals surface area contributed by atoms with Crippen LogP contribution < -0.4 is 15.5 Å². The lowest BCUT2D eigenvalue weighted by molar-refractivity contribution is -0.141. The molecule has 0 radical (unpaired) electrons. The van der Waals surface area contributed by atoms with E-state index in [1.165, 1.54) is 6.33 Å². The zero-order valence-corrected chi connectivity index (χ0v) is 21.0. The Bertz CT molecular complexity index is 1170. The molecule has 2 aliphatic heterocycles. The monoisotopic (exact) mass is 533 g/mol. The number of carbonyl (C=O) groups is 1. The number of nitrogens with zero attached hydrogens (tertiary/aromatic N) is 5. The molecule has 15 heteroatoms. The molecule has 2 aliphatic rings. The summed E-state index contributed by atoms with van der Waals surface area (Å²) in [6.07, 6.45) is 0.546. The fourth-order valence-electron chi connectivity index (χ4n) is 4.41. The number of alkyl halides is 3. The van der Waals surface area contributed by atoms with Gasteiger partial charge in [0.05, 0.1) is 6.26 Å². The molecule has 1 saturated heterocycles. The van der Waals surface area contributed by atoms with E-state index in [4.69, 9.17) is 4.55 Å². The second-order valence-corrected chi connectivity index (χ2v) is 10.4. The largest absolute Gasteiger partial charge is 0.434 e. The number of likely N-dealkylation sites (N-methyl/N-ethyl adjacent to an activating group) is 1. The Hall–Kier alpha value is -2.78. The van der Waals surface area contributed by atoms with Crippen LogP contribution in [0, 0.1) is 0 Å². The zero-order valence-electron chi connectivity index (χ0n) is 20.2. The normalized spacial score (nSPS) is 18.8. The number of hydrogen-bond donors (Lipinski definition) is 3. The van der Waals surface area contributed by atoms with Crippen molar-refractivity contribution in [2.75, 3.05) is 43.2 Å². The third-order valence-electron chi connectivity index (χ3n) is 5.97. The second-order valence-electron chi connectivity index (χ2n) is 8.89. The van der Waals surface area contributed by atoms with Crippen molar-refractivity contribution in [2.45, 2.75) is 50.7 Å². The minimum Gasteiger partial charge on any atom is -0.356 e. The molecule has 0 aliphatic carbocycles. The first-order valence-corrected chi connectivity index (χ1v) is 13.2. The van der Waals surface area contributed by atoms with Gasteiger partial charge >= 0.3 is 6.18 Å². The molecule has 0 spiro atoms. The lowest BCUT2D eigenvalue weighted by atomic mass is 9.92. The third kappa shape index (κ3) is 7.13. The first-order valence-electron chi connectivity index (χ1n) is 11.4. The minimum absolute atomic E-state index is 0.00691. The Morgan fingerprint density at radius 3 is 2.47 bits per heavy atom. The Balaban J connectivity index is 0.000000658. The number of aromatic nitrogens is 4. The first kappa shape index (κ1) is 27.8. The van der Waals surface area contributed by atoms with Crippen molar-refractivity contribution in [3.05, 3.63) is 29.6 Å². The molecular weight excluding hydrogens is 503 g/mol. The summed E-state index contributed by atoms with van der Waals surface area (Å²) in [7, 11) is -1.90. The summed E-state index contributed by atoms with van der Waals surface area (Å²) in [5, 5.41) is 5.78. The van der Waals surface area contributed by atoms with Gasteiger partial charge in [0.2, 0.25) is 5.91 Å². The number of hydrogen-bond acceptors (Lipinski definition) is 8. The van der Waals surface area contributed by atoms with Gasteiger partial charge in [0.25, 0.3) is 10.1 Å². The molecule has 200 valence electrons. The fourth-order valence-corrected chi connectivity index (χ4v) is 4.41. The van der Waals surface area contributed by atoms with Crippen LogP contribution in [-0.2, 0) is 27.6 Å². The van der Waals surface area contributed by atoms with E-state index >= 15 is 0 Å². The highest BCUT2D eigenvalue weighted by molar-refractivity contribution is 7.85. The standard InChI is InChI=1S/C20H26F3N7O.CH4O3S/c1-12-9-15(31)28-17-16(12)19(26-11-25-17)29-6-3-13(4-7-29)18-27-14(20(21,22)23)10-30(18)8-5-24-2;1-5(2,3)4/h10-13,24H,3-9H2,1-2H3,(H,25,26,28,31);1H3,(H,2,3,4)/t12-;/m1./s1. The van der Waals surface area contributed by atoms with Crippen LogP contribution in [0.2, 0.25) is 0 Å². The summed E-state index contributed by atoms with van der Waals surface area (Å²) in [5.41, 5.74) is 0.0888. The summed E-state index contributed by atoms with van der Waals surface area (Å²) < 4.78 is 67.2. The van der Waals surface area contributed by atoms with E-state index in [0.717, 1.165) is 17.6 Å². The van der Waals surface area contributed by atoms with Gasteiger partial charge in [-0.15, -0.1) is 0 Å². The molecule has 1 atom stereocenters. The van der Waals surface area contributed by atoms with Gasteiger partial charge in [0, 0.05) is 50.3 Å². The SMILES string of the molecule is CNCCn1cc(C(F)(F)F)nc1C1CCN(c2ncnc3c2[C@H](C)CC(=O)N3)CC1.CS(=O)(=O)O. The number of halogens is 3. The van der Waals surface area contributed by atoms with Crippen LogP contribution in [0.3, 0.4) is 0 Å². The Morgan fingerprint density at radius 1 is 1.25 bits per heavy atom. The van der Waals surface area contributed by atoms with E-state index in [2.05, 4.69) is 30.5 Å². The molecule has 4 heterocycles. The van der Waals surface area contributed by atoms with Crippen molar-refractivity contribution in [2.24, 2.45) is 0 Å². The van der Waals surface area contributed by atoms with Gasteiger partial charge in [-0.25, -0.2) is 15.0 Å². The highest BCUT2D eigenvalue weighted by atomic mass is 32.2. The van der Waals surface area contributed by atoms with Crippen LogP contribution in [0.25, 0.3) is 0 Å². The number of rotatable bonds is 5. The number of amides is 1. The van der Waals surface area contributed by atoms with E-state index in [9.17, 15) is 26.4 Å². The average Bonchev–Trinajstić information content (AvgIpc) is 3.21. The molecule has 1 amide bonds. The number of imidazole rings is 1.